The highest BCUT2D eigenvalue weighted by molar-refractivity contribution is 5.97. The molecule has 2 aromatic heterocycles. The van der Waals surface area contributed by atoms with Crippen molar-refractivity contribution in [3.8, 4) is 28.4 Å². The van der Waals surface area contributed by atoms with Gasteiger partial charge in [0.05, 0.1) is 7.11 Å². The van der Waals surface area contributed by atoms with Crippen LogP contribution in [0.3, 0.4) is 0 Å². The van der Waals surface area contributed by atoms with Gasteiger partial charge in [0.25, 0.3) is 0 Å². The van der Waals surface area contributed by atoms with E-state index in [0.29, 0.717) is 28.6 Å². The number of hydrogen-bond acceptors (Lipinski definition) is 6. The number of anilines is 1. The van der Waals surface area contributed by atoms with Crippen LogP contribution in [0.4, 0.5) is 10.2 Å². The molecule has 0 atom stereocenters. The molecule has 0 unspecified atom stereocenters. The van der Waals surface area contributed by atoms with Gasteiger partial charge in [-0.2, -0.15) is 0 Å². The highest BCUT2D eigenvalue weighted by Crippen LogP contribution is 2.35. The molecule has 2 aromatic carbocycles. The summed E-state index contributed by atoms with van der Waals surface area (Å²) < 4.78 is 19.2. The summed E-state index contributed by atoms with van der Waals surface area (Å²) in [5.74, 6) is 1.37. The SMILES string of the molecule is CNc1nc(-c2ccncn2)nc2c(OC)cc(-c3cccc(F)c3)cc12. The Morgan fingerprint density at radius 2 is 1.93 bits per heavy atom. The Morgan fingerprint density at radius 3 is 2.63 bits per heavy atom. The van der Waals surface area contributed by atoms with Crippen LogP contribution in [-0.4, -0.2) is 34.1 Å². The lowest BCUT2D eigenvalue weighted by Gasteiger charge is -2.13. The quantitative estimate of drug-likeness (QED) is 0.593. The lowest BCUT2D eigenvalue weighted by atomic mass is 10.0. The summed E-state index contributed by atoms with van der Waals surface area (Å²) in [4.78, 5) is 17.4. The zero-order chi connectivity index (χ0) is 18.8. The maximum absolute atomic E-state index is 13.7. The minimum Gasteiger partial charge on any atom is -0.494 e. The lowest BCUT2D eigenvalue weighted by molar-refractivity contribution is 0.419. The molecule has 4 aromatic rings. The van der Waals surface area contributed by atoms with Gasteiger partial charge in [-0.3, -0.25) is 0 Å². The van der Waals surface area contributed by atoms with E-state index < -0.39 is 0 Å². The van der Waals surface area contributed by atoms with E-state index in [1.807, 2.05) is 18.2 Å². The summed E-state index contributed by atoms with van der Waals surface area (Å²) in [5, 5.41) is 3.87. The maximum atomic E-state index is 13.7. The number of nitrogens with one attached hydrogen (secondary N) is 1. The largest absolute Gasteiger partial charge is 0.494 e. The van der Waals surface area contributed by atoms with Crippen molar-refractivity contribution >= 4 is 16.7 Å². The Labute approximate surface area is 155 Å². The second-order valence-electron chi connectivity index (χ2n) is 5.83. The van der Waals surface area contributed by atoms with Gasteiger partial charge < -0.3 is 10.1 Å². The molecule has 0 saturated carbocycles. The van der Waals surface area contributed by atoms with Crippen molar-refractivity contribution in [1.82, 2.24) is 19.9 Å². The molecule has 0 aliphatic rings. The zero-order valence-corrected chi connectivity index (χ0v) is 14.8. The fourth-order valence-electron chi connectivity index (χ4n) is 2.92. The molecule has 0 fully saturated rings. The number of nitrogens with zero attached hydrogens (tertiary/aromatic N) is 4. The number of benzene rings is 2. The molecular formula is C20H16FN5O. The van der Waals surface area contributed by atoms with E-state index in [2.05, 4.69) is 25.3 Å². The fraction of sp³-hybridized carbons (Fsp3) is 0.100. The predicted molar refractivity (Wildman–Crippen MR) is 102 cm³/mol. The Kier molecular flexibility index (Phi) is 4.33. The van der Waals surface area contributed by atoms with Gasteiger partial charge in [-0.05, 0) is 41.5 Å². The molecule has 0 aliphatic heterocycles. The number of rotatable bonds is 4. The third kappa shape index (κ3) is 3.15. The monoisotopic (exact) mass is 361 g/mol. The molecule has 2 heterocycles. The Balaban J connectivity index is 1.98. The van der Waals surface area contributed by atoms with E-state index in [-0.39, 0.29) is 5.82 Å². The van der Waals surface area contributed by atoms with Crippen molar-refractivity contribution in [3.63, 3.8) is 0 Å². The Bertz CT molecular complexity index is 1120. The van der Waals surface area contributed by atoms with Gasteiger partial charge in [0.2, 0.25) is 0 Å². The highest BCUT2D eigenvalue weighted by Gasteiger charge is 2.15. The summed E-state index contributed by atoms with van der Waals surface area (Å²) in [5.41, 5.74) is 2.82. The topological polar surface area (TPSA) is 72.8 Å². The van der Waals surface area contributed by atoms with Crippen LogP contribution >= 0.6 is 0 Å². The van der Waals surface area contributed by atoms with E-state index in [9.17, 15) is 4.39 Å². The molecule has 0 bridgehead atoms. The van der Waals surface area contributed by atoms with E-state index >= 15 is 0 Å². The number of fused-ring (bicyclic) bond motifs is 1. The van der Waals surface area contributed by atoms with E-state index in [0.717, 1.165) is 16.5 Å². The standard InChI is InChI=1S/C20H16FN5O/c1-22-19-15-9-13(12-4-3-5-14(21)8-12)10-17(27-2)18(15)25-20(26-19)16-6-7-23-11-24-16/h3-11H,1-2H3,(H,22,25,26). The van der Waals surface area contributed by atoms with Gasteiger partial charge >= 0.3 is 0 Å². The smallest absolute Gasteiger partial charge is 0.181 e. The van der Waals surface area contributed by atoms with E-state index in [1.54, 1.807) is 32.5 Å². The fourth-order valence-corrected chi connectivity index (χ4v) is 2.92. The average Bonchev–Trinajstić information content (AvgIpc) is 2.72. The van der Waals surface area contributed by atoms with Crippen LogP contribution in [0.25, 0.3) is 33.5 Å². The number of hydrogen-bond donors (Lipinski definition) is 1. The molecule has 0 aliphatic carbocycles. The lowest BCUT2D eigenvalue weighted by Crippen LogP contribution is -2.01. The summed E-state index contributed by atoms with van der Waals surface area (Å²) in [6, 6.07) is 11.9. The number of halogens is 1. The second-order valence-corrected chi connectivity index (χ2v) is 5.83. The first-order valence-electron chi connectivity index (χ1n) is 8.29. The molecular weight excluding hydrogens is 345 g/mol. The normalized spacial score (nSPS) is 10.8. The van der Waals surface area contributed by atoms with Crippen molar-refractivity contribution in [2.24, 2.45) is 0 Å². The third-order valence-electron chi connectivity index (χ3n) is 4.19. The van der Waals surface area contributed by atoms with Crippen molar-refractivity contribution in [3.05, 3.63) is 60.8 Å². The minimum absolute atomic E-state index is 0.296. The van der Waals surface area contributed by atoms with Crippen LogP contribution in [0.2, 0.25) is 0 Å². The van der Waals surface area contributed by atoms with Gasteiger partial charge in [0.1, 0.15) is 34.9 Å². The first-order chi connectivity index (χ1) is 13.2. The van der Waals surface area contributed by atoms with Crippen LogP contribution in [0.1, 0.15) is 0 Å². The van der Waals surface area contributed by atoms with Crippen LogP contribution in [0.5, 0.6) is 5.75 Å². The summed E-state index contributed by atoms with van der Waals surface area (Å²) >= 11 is 0. The van der Waals surface area contributed by atoms with E-state index in [4.69, 9.17) is 4.74 Å². The van der Waals surface area contributed by atoms with Gasteiger partial charge in [-0.25, -0.2) is 24.3 Å². The first kappa shape index (κ1) is 16.8. The van der Waals surface area contributed by atoms with Gasteiger partial charge in [-0.15, -0.1) is 0 Å². The zero-order valence-electron chi connectivity index (χ0n) is 14.8. The number of aromatic nitrogens is 4. The van der Waals surface area contributed by atoms with Crippen LogP contribution < -0.4 is 10.1 Å². The van der Waals surface area contributed by atoms with Crippen LogP contribution in [0, 0.1) is 5.82 Å². The minimum atomic E-state index is -0.296. The van der Waals surface area contributed by atoms with Crippen LogP contribution in [-0.2, 0) is 0 Å². The van der Waals surface area contributed by atoms with Crippen molar-refractivity contribution in [1.29, 1.82) is 0 Å². The number of ether oxygens (including phenoxy) is 1. The third-order valence-corrected chi connectivity index (χ3v) is 4.19. The molecule has 6 nitrogen and oxygen atoms in total. The molecule has 0 radical (unpaired) electrons. The van der Waals surface area contributed by atoms with Crippen molar-refractivity contribution < 1.29 is 9.13 Å². The van der Waals surface area contributed by atoms with Gasteiger partial charge in [0.15, 0.2) is 5.82 Å². The summed E-state index contributed by atoms with van der Waals surface area (Å²) in [6.45, 7) is 0. The molecule has 0 spiro atoms. The van der Waals surface area contributed by atoms with E-state index in [1.165, 1.54) is 18.5 Å². The molecule has 0 saturated heterocycles. The molecule has 134 valence electrons. The summed E-state index contributed by atoms with van der Waals surface area (Å²) in [6.07, 6.45) is 3.09. The summed E-state index contributed by atoms with van der Waals surface area (Å²) in [7, 11) is 3.36. The molecule has 0 amide bonds. The maximum Gasteiger partial charge on any atom is 0.181 e. The van der Waals surface area contributed by atoms with Crippen molar-refractivity contribution in [2.45, 2.75) is 0 Å². The molecule has 7 heteroatoms. The predicted octanol–water partition coefficient (Wildman–Crippen LogP) is 3.94. The van der Waals surface area contributed by atoms with Crippen molar-refractivity contribution in [2.75, 3.05) is 19.5 Å². The molecule has 4 rings (SSSR count). The average molecular weight is 361 g/mol. The van der Waals surface area contributed by atoms with Gasteiger partial charge in [0, 0.05) is 18.6 Å². The Hall–Kier alpha value is -3.61. The number of methoxy groups -OCH3 is 1. The molecule has 1 N–H and O–H groups in total. The second kappa shape index (κ2) is 6.95. The first-order valence-corrected chi connectivity index (χ1v) is 8.29. The molecule has 27 heavy (non-hydrogen) atoms. The van der Waals surface area contributed by atoms with Gasteiger partial charge in [-0.1, -0.05) is 12.1 Å². The Morgan fingerprint density at radius 1 is 1.04 bits per heavy atom. The highest BCUT2D eigenvalue weighted by atomic mass is 19.1. The van der Waals surface area contributed by atoms with Crippen LogP contribution in [0.15, 0.2) is 55.0 Å².